The van der Waals surface area contributed by atoms with Gasteiger partial charge >= 0.3 is 11.9 Å². The molecule has 17 amide bonds. The van der Waals surface area contributed by atoms with E-state index in [-0.39, 0.29) is 63.2 Å². The summed E-state index contributed by atoms with van der Waals surface area (Å²) in [6, 6.07) is -16.4. The molecule has 1 aromatic carbocycles. The van der Waals surface area contributed by atoms with Crippen molar-refractivity contribution in [1.29, 1.82) is 0 Å². The number of aromatic amines is 1. The molecular formula is C73H114N20O25S2. The number of carboxylic acids is 2. The minimum atomic E-state index is -1.94. The van der Waals surface area contributed by atoms with Crippen molar-refractivity contribution in [2.75, 3.05) is 44.1 Å². The summed E-state index contributed by atoms with van der Waals surface area (Å²) < 4.78 is 0. The van der Waals surface area contributed by atoms with E-state index in [9.17, 15) is 122 Å². The SMILES string of the molecule is CSCC[C@H](NC(=O)[C@H](Cc1ccccc1)NC(=O)[C@H](CCC(=O)O)NC(=O)[C@H](CS)NC(=O)[C@H](CC(C)C)NC(=O)[C@H](CO)NC(=O)[C@@H](NC(=O)[C@H](CC(C)C)NC(=O)[C@@H]1CCCN1C(=O)[C@H](CCC(N)=O)NC(=O)CNC(=O)[C@H](CC(N)=O)NC(=O)[C@@H](N)Cc1cnc[nH]1)[C@@H](C)O)C(=O)N[C@@H](CO)C(=O)N[C@H](C(=O)N[C@@H](C)C(=O)O)[C@@H](C)O. The highest BCUT2D eigenvalue weighted by molar-refractivity contribution is 7.98. The van der Waals surface area contributed by atoms with Gasteiger partial charge in [-0.3, -0.25) is 91.1 Å². The number of nitrogens with two attached hydrogens (primary N) is 3. The molecule has 668 valence electrons. The summed E-state index contributed by atoms with van der Waals surface area (Å²) in [5.41, 5.74) is 17.6. The van der Waals surface area contributed by atoms with Crippen LogP contribution in [0.5, 0.6) is 0 Å². The smallest absolute Gasteiger partial charge is 0.325 e. The molecule has 0 radical (unpaired) electrons. The maximum Gasteiger partial charge on any atom is 0.325 e. The molecule has 2 aromatic rings. The highest BCUT2D eigenvalue weighted by Crippen LogP contribution is 2.22. The van der Waals surface area contributed by atoms with Crippen LogP contribution in [0, 0.1) is 11.8 Å². The fourth-order valence-electron chi connectivity index (χ4n) is 11.9. The first-order valence-electron chi connectivity index (χ1n) is 38.4. The van der Waals surface area contributed by atoms with Gasteiger partial charge in [0.15, 0.2) is 0 Å². The quantitative estimate of drug-likeness (QED) is 0.0274. The second kappa shape index (κ2) is 52.0. The zero-order valence-electron chi connectivity index (χ0n) is 67.7. The van der Waals surface area contributed by atoms with Gasteiger partial charge in [-0.1, -0.05) is 58.0 Å². The van der Waals surface area contributed by atoms with Gasteiger partial charge in [-0.05, 0) is 95.1 Å². The van der Waals surface area contributed by atoms with Crippen LogP contribution in [0.3, 0.4) is 0 Å². The average Bonchev–Trinajstić information content (AvgIpc) is 1.64. The molecule has 1 aliphatic heterocycles. The number of aliphatic hydroxyl groups excluding tert-OH is 4. The molecule has 45 nitrogen and oxygen atoms in total. The van der Waals surface area contributed by atoms with Crippen molar-refractivity contribution in [3.05, 3.63) is 54.1 Å². The Morgan fingerprint density at radius 2 is 1.00 bits per heavy atom. The average molecular weight is 1740 g/mol. The highest BCUT2D eigenvalue weighted by atomic mass is 32.2. The van der Waals surface area contributed by atoms with Crippen molar-refractivity contribution >= 4 is 137 Å². The van der Waals surface area contributed by atoms with Crippen LogP contribution in [0.15, 0.2) is 42.9 Å². The Bertz CT molecular complexity index is 3860. The number of nitrogens with one attached hydrogen (secondary N) is 15. The van der Waals surface area contributed by atoms with Crippen LogP contribution in [-0.2, 0) is 104 Å². The summed E-state index contributed by atoms with van der Waals surface area (Å²) in [7, 11) is 0. The van der Waals surface area contributed by atoms with E-state index in [1.165, 1.54) is 24.3 Å². The third kappa shape index (κ3) is 35.8. The molecule has 0 unspecified atom stereocenters. The fraction of sp³-hybridized carbons (Fsp3) is 0.616. The third-order valence-electron chi connectivity index (χ3n) is 18.4. The number of primary amides is 2. The van der Waals surface area contributed by atoms with E-state index in [0.717, 1.165) is 25.7 Å². The Morgan fingerprint density at radius 1 is 0.533 bits per heavy atom. The Kier molecular flexibility index (Phi) is 44.7. The summed E-state index contributed by atoms with van der Waals surface area (Å²) in [6.45, 7) is 6.72. The first kappa shape index (κ1) is 103. The summed E-state index contributed by atoms with van der Waals surface area (Å²) in [4.78, 5) is 263. The van der Waals surface area contributed by atoms with Gasteiger partial charge in [0.1, 0.15) is 84.6 Å². The number of likely N-dealkylation sites (tertiary alicyclic amines) is 1. The summed E-state index contributed by atoms with van der Waals surface area (Å²) in [5.74, 6) is -22.0. The molecule has 1 aliphatic rings. The number of thioether (sulfide) groups is 1. The van der Waals surface area contributed by atoms with Crippen LogP contribution in [0.25, 0.3) is 0 Å². The lowest BCUT2D eigenvalue weighted by Gasteiger charge is -2.31. The van der Waals surface area contributed by atoms with Crippen molar-refractivity contribution in [3.63, 3.8) is 0 Å². The molecule has 0 saturated carbocycles. The van der Waals surface area contributed by atoms with Crippen molar-refractivity contribution < 1.29 is 122 Å². The first-order valence-corrected chi connectivity index (χ1v) is 40.5. The number of H-pyrrole nitrogens is 1. The number of carbonyl (C=O) groups is 19. The summed E-state index contributed by atoms with van der Waals surface area (Å²) >= 11 is 5.46. The number of rotatable bonds is 54. The third-order valence-corrected chi connectivity index (χ3v) is 19.4. The maximum atomic E-state index is 14.4. The van der Waals surface area contributed by atoms with Gasteiger partial charge in [0.2, 0.25) is 100 Å². The van der Waals surface area contributed by atoms with Crippen molar-refractivity contribution in [2.24, 2.45) is 29.0 Å². The van der Waals surface area contributed by atoms with Gasteiger partial charge in [-0.15, -0.1) is 0 Å². The molecule has 0 spiro atoms. The fourth-order valence-corrected chi connectivity index (χ4v) is 12.7. The van der Waals surface area contributed by atoms with E-state index < -0.39 is 279 Å². The molecule has 0 bridgehead atoms. The maximum absolute atomic E-state index is 14.4. The molecule has 47 heteroatoms. The highest BCUT2D eigenvalue weighted by Gasteiger charge is 2.42. The number of aliphatic carboxylic acids is 2. The van der Waals surface area contributed by atoms with Gasteiger partial charge in [0, 0.05) is 49.9 Å². The molecule has 2 heterocycles. The number of imidazole rings is 1. The lowest BCUT2D eigenvalue weighted by molar-refractivity contribution is -0.142. The lowest BCUT2D eigenvalue weighted by atomic mass is 10.0. The second-order valence-electron chi connectivity index (χ2n) is 29.4. The van der Waals surface area contributed by atoms with Gasteiger partial charge in [-0.25, -0.2) is 4.98 Å². The van der Waals surface area contributed by atoms with Crippen LogP contribution in [0.4, 0.5) is 0 Å². The Balaban J connectivity index is 1.81. The summed E-state index contributed by atoms with van der Waals surface area (Å²) in [5, 5.41) is 93.9. The lowest BCUT2D eigenvalue weighted by Crippen LogP contribution is -2.62. The first-order chi connectivity index (χ1) is 56.4. The van der Waals surface area contributed by atoms with Gasteiger partial charge in [-0.2, -0.15) is 24.4 Å². The number of carbonyl (C=O) groups excluding carboxylic acids is 17. The zero-order chi connectivity index (χ0) is 90.4. The zero-order valence-corrected chi connectivity index (χ0v) is 69.4. The van der Waals surface area contributed by atoms with Crippen LogP contribution < -0.4 is 91.6 Å². The molecule has 17 atom stereocenters. The van der Waals surface area contributed by atoms with Crippen LogP contribution in [0.1, 0.15) is 124 Å². The standard InChI is InChI=1S/C73H114N20O25S2/c1-34(2)23-45(63(107)90-51(32-119)68(112)82-42(17-19-56(101)102)61(105)86-47(25-39-13-10-9-11-14-39)64(108)83-43(20-22-120-8)62(106)88-50(31-95)67(111)92-57(37(6)96)70(114)80-36(5)73(117)118)85-66(110)49(30-94)89-71(115)58(38(7)97)91-65(109)46(24-35(3)4)87-69(113)52-15-12-21-93(52)72(116)44(16-18-53(75)98)81-55(100)29-78-60(104)48(27-54(76)99)84-59(103)41(74)26-40-28-77-33-79-40/h9-11,13-14,28,33-38,41-52,57-58,94-97,119H,12,15-27,29-32,74H2,1-8H3,(H2,75,98)(H2,76,99)(H,77,79)(H,78,104)(H,80,114)(H,81,100)(H,82,112)(H,83,108)(H,84,103)(H,85,110)(H,86,105)(H,87,113)(H,88,106)(H,89,115)(H,90,107)(H,91,109)(H,92,111)(H,101,102)(H,117,118)/t36-,37+,38+,41-,42-,43-,44-,45-,46-,47-,48-,49-,50-,51-,52-,57-,58-/m0/s1. The Hall–Kier alpha value is -11.1. The number of amides is 17. The minimum absolute atomic E-state index is 0.00672. The van der Waals surface area contributed by atoms with E-state index >= 15 is 0 Å². The van der Waals surface area contributed by atoms with Gasteiger partial charge < -0.3 is 132 Å². The molecule has 3 rings (SSSR count). The number of aliphatic hydroxyl groups is 4. The number of hydrogen-bond acceptors (Lipinski definition) is 27. The number of aromatic nitrogens is 2. The van der Waals surface area contributed by atoms with Gasteiger partial charge in [0.25, 0.3) is 0 Å². The Morgan fingerprint density at radius 3 is 1.51 bits per heavy atom. The molecule has 1 fully saturated rings. The van der Waals surface area contributed by atoms with Crippen molar-refractivity contribution in [3.8, 4) is 0 Å². The van der Waals surface area contributed by atoms with Gasteiger partial charge in [0.05, 0.1) is 50.8 Å². The monoisotopic (exact) mass is 1730 g/mol. The molecular weight excluding hydrogens is 1620 g/mol. The normalized spacial score (nSPS) is 16.5. The minimum Gasteiger partial charge on any atom is -0.481 e. The predicted molar refractivity (Wildman–Crippen MR) is 429 cm³/mol. The summed E-state index contributed by atoms with van der Waals surface area (Å²) in [6.07, 6.45) is -2.51. The number of nitrogens with zero attached hydrogens (tertiary/aromatic N) is 2. The number of benzene rings is 1. The van der Waals surface area contributed by atoms with E-state index in [4.69, 9.17) is 17.2 Å². The van der Waals surface area contributed by atoms with E-state index in [2.05, 4.69) is 97.0 Å². The van der Waals surface area contributed by atoms with E-state index in [1.54, 1.807) is 64.3 Å². The Labute approximate surface area is 700 Å². The predicted octanol–water partition coefficient (Wildman–Crippen LogP) is -9.44. The van der Waals surface area contributed by atoms with Crippen molar-refractivity contribution in [1.82, 2.24) is 89.3 Å². The molecule has 120 heavy (non-hydrogen) atoms. The topological polar surface area (TPSA) is 724 Å². The van der Waals surface area contributed by atoms with E-state index in [1.807, 2.05) is 0 Å². The van der Waals surface area contributed by atoms with Crippen LogP contribution in [0.2, 0.25) is 0 Å². The molecule has 0 aliphatic carbocycles. The van der Waals surface area contributed by atoms with Crippen molar-refractivity contribution in [2.45, 2.75) is 228 Å². The van der Waals surface area contributed by atoms with Crippen LogP contribution in [-0.4, -0.2) is 305 Å². The second-order valence-corrected chi connectivity index (χ2v) is 30.7. The largest absolute Gasteiger partial charge is 0.481 e. The number of hydrogen-bond donors (Lipinski definition) is 25. The van der Waals surface area contributed by atoms with E-state index in [0.29, 0.717) is 11.3 Å². The molecule has 1 saturated heterocycles. The molecule has 27 N–H and O–H groups in total. The van der Waals surface area contributed by atoms with Crippen LogP contribution >= 0.6 is 24.4 Å². The number of thiol groups is 1. The number of carboxylic acid groups (broad SMARTS) is 2. The molecule has 1 aromatic heterocycles.